The SMILES string of the molecule is Cc1c(Oc2ccnc(-c3cnn(C)c3)c2)ccc(NC(=O)N2CCN(C3CCOCC3)C2=O)c1F. The predicted molar refractivity (Wildman–Crippen MR) is 129 cm³/mol. The van der Waals surface area contributed by atoms with E-state index in [0.717, 1.165) is 23.3 Å². The van der Waals surface area contributed by atoms with Gasteiger partial charge in [0.15, 0.2) is 5.82 Å². The number of hydrogen-bond acceptors (Lipinski definition) is 6. The lowest BCUT2D eigenvalue weighted by Crippen LogP contribution is -2.44. The van der Waals surface area contributed by atoms with Gasteiger partial charge in [0, 0.05) is 69.0 Å². The van der Waals surface area contributed by atoms with Gasteiger partial charge in [-0.05, 0) is 38.0 Å². The van der Waals surface area contributed by atoms with Gasteiger partial charge >= 0.3 is 12.1 Å². The first-order valence-electron chi connectivity index (χ1n) is 11.8. The first-order valence-corrected chi connectivity index (χ1v) is 11.8. The number of aryl methyl sites for hydroxylation is 1. The minimum absolute atomic E-state index is 0.0204. The van der Waals surface area contributed by atoms with Crippen molar-refractivity contribution < 1.29 is 23.5 Å². The fourth-order valence-electron chi connectivity index (χ4n) is 4.45. The van der Waals surface area contributed by atoms with Gasteiger partial charge < -0.3 is 19.7 Å². The standard InChI is InChI=1S/C25H27FN6O4/c1-16-22(36-19-5-8-27-21(13-19)17-14-28-30(2)15-17)4-3-20(23(16)26)29-24(33)32-10-9-31(25(32)34)18-6-11-35-12-7-18/h3-5,8,13-15,18H,6-7,9-12H2,1-2H3,(H,29,33). The summed E-state index contributed by atoms with van der Waals surface area (Å²) in [7, 11) is 1.82. The van der Waals surface area contributed by atoms with E-state index in [4.69, 9.17) is 9.47 Å². The summed E-state index contributed by atoms with van der Waals surface area (Å²) in [6.45, 7) is 3.48. The van der Waals surface area contributed by atoms with Crippen LogP contribution in [0.3, 0.4) is 0 Å². The molecule has 0 spiro atoms. The molecule has 0 saturated carbocycles. The van der Waals surface area contributed by atoms with Gasteiger partial charge in [-0.15, -0.1) is 0 Å². The van der Waals surface area contributed by atoms with Crippen molar-refractivity contribution in [3.05, 3.63) is 54.2 Å². The Hall–Kier alpha value is -3.99. The summed E-state index contributed by atoms with van der Waals surface area (Å²) in [4.78, 5) is 32.8. The minimum atomic E-state index is -0.656. The number of pyridine rings is 1. The largest absolute Gasteiger partial charge is 0.457 e. The molecule has 2 aliphatic rings. The third-order valence-electron chi connectivity index (χ3n) is 6.46. The number of ether oxygens (including phenoxy) is 2. The van der Waals surface area contributed by atoms with E-state index in [1.807, 2.05) is 13.2 Å². The molecule has 3 aromatic rings. The highest BCUT2D eigenvalue weighted by atomic mass is 19.1. The number of nitrogens with zero attached hydrogens (tertiary/aromatic N) is 5. The van der Waals surface area contributed by atoms with E-state index in [1.54, 1.807) is 47.1 Å². The Bertz CT molecular complexity index is 1290. The molecule has 0 radical (unpaired) electrons. The third-order valence-corrected chi connectivity index (χ3v) is 6.46. The number of carbonyl (C=O) groups is 2. The lowest BCUT2D eigenvalue weighted by molar-refractivity contribution is 0.0510. The Morgan fingerprint density at radius 1 is 1.22 bits per heavy atom. The third kappa shape index (κ3) is 4.74. The average Bonchev–Trinajstić information content (AvgIpc) is 3.50. The Kier molecular flexibility index (Phi) is 6.55. The molecule has 4 amide bonds. The van der Waals surface area contributed by atoms with Crippen molar-refractivity contribution in [1.29, 1.82) is 0 Å². The highest BCUT2D eigenvalue weighted by Gasteiger charge is 2.37. The molecule has 1 N–H and O–H groups in total. The second-order valence-electron chi connectivity index (χ2n) is 8.83. The van der Waals surface area contributed by atoms with Crippen LogP contribution < -0.4 is 10.1 Å². The quantitative estimate of drug-likeness (QED) is 0.571. The van der Waals surface area contributed by atoms with Crippen molar-refractivity contribution in [2.45, 2.75) is 25.8 Å². The number of rotatable bonds is 5. The maximum Gasteiger partial charge on any atom is 0.330 e. The van der Waals surface area contributed by atoms with Crippen LogP contribution >= 0.6 is 0 Å². The molecule has 2 fully saturated rings. The van der Waals surface area contributed by atoms with Crippen LogP contribution in [0.1, 0.15) is 18.4 Å². The van der Waals surface area contributed by atoms with Crippen LogP contribution in [0.15, 0.2) is 42.9 Å². The van der Waals surface area contributed by atoms with Crippen LogP contribution in [0.25, 0.3) is 11.3 Å². The van der Waals surface area contributed by atoms with Gasteiger partial charge in [0.1, 0.15) is 11.5 Å². The number of halogens is 1. The first-order chi connectivity index (χ1) is 17.4. The van der Waals surface area contributed by atoms with E-state index in [0.29, 0.717) is 37.0 Å². The van der Waals surface area contributed by atoms with Crippen molar-refractivity contribution in [2.24, 2.45) is 7.05 Å². The normalized spacial score (nSPS) is 16.5. The summed E-state index contributed by atoms with van der Waals surface area (Å²) in [5.74, 6) is 0.158. The number of benzene rings is 1. The molecule has 0 bridgehead atoms. The van der Waals surface area contributed by atoms with Gasteiger partial charge in [0.2, 0.25) is 0 Å². The molecule has 5 rings (SSSR count). The van der Waals surface area contributed by atoms with Crippen molar-refractivity contribution in [1.82, 2.24) is 24.6 Å². The lowest BCUT2D eigenvalue weighted by Gasteiger charge is -2.30. The second kappa shape index (κ2) is 9.94. The van der Waals surface area contributed by atoms with Crippen LogP contribution in [0.2, 0.25) is 0 Å². The molecule has 2 aromatic heterocycles. The van der Waals surface area contributed by atoms with Crippen LogP contribution in [0.4, 0.5) is 19.7 Å². The Labute approximate surface area is 207 Å². The predicted octanol–water partition coefficient (Wildman–Crippen LogP) is 4.17. The summed E-state index contributed by atoms with van der Waals surface area (Å²) >= 11 is 0. The zero-order valence-electron chi connectivity index (χ0n) is 20.1. The van der Waals surface area contributed by atoms with Crippen molar-refractivity contribution in [2.75, 3.05) is 31.6 Å². The number of nitrogens with one attached hydrogen (secondary N) is 1. The number of hydrogen-bond donors (Lipinski definition) is 1. The van der Waals surface area contributed by atoms with E-state index in [9.17, 15) is 9.59 Å². The molecule has 0 aliphatic carbocycles. The molecule has 188 valence electrons. The summed E-state index contributed by atoms with van der Waals surface area (Å²) in [6.07, 6.45) is 6.63. The van der Waals surface area contributed by atoms with Crippen LogP contribution in [0.5, 0.6) is 11.5 Å². The van der Waals surface area contributed by atoms with E-state index < -0.39 is 11.8 Å². The maximum absolute atomic E-state index is 15.2. The zero-order valence-corrected chi connectivity index (χ0v) is 20.1. The lowest BCUT2D eigenvalue weighted by atomic mass is 10.1. The highest BCUT2D eigenvalue weighted by Crippen LogP contribution is 2.32. The second-order valence-corrected chi connectivity index (χ2v) is 8.83. The Balaban J connectivity index is 1.27. The molecule has 1 aromatic carbocycles. The number of carbonyl (C=O) groups excluding carboxylic acids is 2. The van der Waals surface area contributed by atoms with Crippen LogP contribution in [-0.4, -0.2) is 69.0 Å². The molecule has 36 heavy (non-hydrogen) atoms. The Morgan fingerprint density at radius 2 is 2.03 bits per heavy atom. The van der Waals surface area contributed by atoms with Gasteiger partial charge in [-0.1, -0.05) is 0 Å². The summed E-state index contributed by atoms with van der Waals surface area (Å²) in [6, 6.07) is 5.47. The molecular weight excluding hydrogens is 467 g/mol. The molecular formula is C25H27FN6O4. The first kappa shape index (κ1) is 23.7. The van der Waals surface area contributed by atoms with E-state index in [-0.39, 0.29) is 29.9 Å². The summed E-state index contributed by atoms with van der Waals surface area (Å²) in [5.41, 5.74) is 1.71. The molecule has 0 atom stereocenters. The minimum Gasteiger partial charge on any atom is -0.457 e. The smallest absolute Gasteiger partial charge is 0.330 e. The molecule has 10 nitrogen and oxygen atoms in total. The molecule has 11 heteroatoms. The summed E-state index contributed by atoms with van der Waals surface area (Å²) in [5, 5.41) is 6.68. The van der Waals surface area contributed by atoms with Gasteiger partial charge in [-0.3, -0.25) is 9.67 Å². The number of imide groups is 1. The van der Waals surface area contributed by atoms with Gasteiger partial charge in [0.05, 0.1) is 17.6 Å². The van der Waals surface area contributed by atoms with Gasteiger partial charge in [-0.2, -0.15) is 5.10 Å². The molecule has 4 heterocycles. The number of anilines is 1. The fraction of sp³-hybridized carbons (Fsp3) is 0.360. The van der Waals surface area contributed by atoms with E-state index in [1.165, 1.54) is 6.07 Å². The van der Waals surface area contributed by atoms with Crippen LogP contribution in [-0.2, 0) is 11.8 Å². The highest BCUT2D eigenvalue weighted by molar-refractivity contribution is 6.01. The monoisotopic (exact) mass is 494 g/mol. The molecule has 0 unspecified atom stereocenters. The van der Waals surface area contributed by atoms with Crippen molar-refractivity contribution in [3.8, 4) is 22.8 Å². The fourth-order valence-corrected chi connectivity index (χ4v) is 4.45. The number of urea groups is 2. The maximum atomic E-state index is 15.2. The van der Waals surface area contributed by atoms with E-state index in [2.05, 4.69) is 15.4 Å². The van der Waals surface area contributed by atoms with Gasteiger partial charge in [0.25, 0.3) is 0 Å². The average molecular weight is 495 g/mol. The van der Waals surface area contributed by atoms with Crippen molar-refractivity contribution >= 4 is 17.7 Å². The van der Waals surface area contributed by atoms with Crippen LogP contribution in [0, 0.1) is 12.7 Å². The molecule has 2 aliphatic heterocycles. The molecule has 2 saturated heterocycles. The number of amides is 4. The van der Waals surface area contributed by atoms with Gasteiger partial charge in [-0.25, -0.2) is 18.9 Å². The number of aromatic nitrogens is 3. The Morgan fingerprint density at radius 3 is 2.78 bits per heavy atom. The van der Waals surface area contributed by atoms with E-state index >= 15 is 4.39 Å². The summed E-state index contributed by atoms with van der Waals surface area (Å²) < 4.78 is 28.1. The zero-order chi connectivity index (χ0) is 25.2. The topological polar surface area (TPSA) is 102 Å². The van der Waals surface area contributed by atoms with Crippen molar-refractivity contribution in [3.63, 3.8) is 0 Å².